The van der Waals surface area contributed by atoms with Gasteiger partial charge in [-0.05, 0) is 6.07 Å². The maximum atomic E-state index is 10.5. The summed E-state index contributed by atoms with van der Waals surface area (Å²) in [6.07, 6.45) is 0. The molecule has 74 valence electrons. The minimum absolute atomic E-state index is 0.0628. The van der Waals surface area contributed by atoms with E-state index in [-0.39, 0.29) is 10.9 Å². The van der Waals surface area contributed by atoms with E-state index < -0.39 is 4.92 Å². The zero-order valence-electron chi connectivity index (χ0n) is 7.21. The standard InChI is InChI=1S/C8H3N3O3S/c9-4-15-8-10-6-2-1-5(11(12)13)3-7(6)14-8/h1-3H. The molecule has 0 atom stereocenters. The molecule has 0 unspecified atom stereocenters. The number of rotatable bonds is 2. The van der Waals surface area contributed by atoms with Crippen molar-refractivity contribution in [1.29, 1.82) is 5.26 Å². The summed E-state index contributed by atoms with van der Waals surface area (Å²) in [4.78, 5) is 13.9. The third-order valence-electron chi connectivity index (χ3n) is 1.70. The van der Waals surface area contributed by atoms with Crippen LogP contribution in [0.1, 0.15) is 0 Å². The zero-order chi connectivity index (χ0) is 10.8. The van der Waals surface area contributed by atoms with Crippen molar-refractivity contribution in [3.05, 3.63) is 28.3 Å². The van der Waals surface area contributed by atoms with Crippen molar-refractivity contribution in [1.82, 2.24) is 4.98 Å². The number of nitro benzene ring substituents is 1. The molecular formula is C8H3N3O3S. The summed E-state index contributed by atoms with van der Waals surface area (Å²) in [6, 6.07) is 4.11. The number of thioether (sulfide) groups is 1. The van der Waals surface area contributed by atoms with Gasteiger partial charge in [-0.25, -0.2) is 4.98 Å². The highest BCUT2D eigenvalue weighted by Crippen LogP contribution is 2.25. The molecule has 1 aromatic carbocycles. The van der Waals surface area contributed by atoms with Gasteiger partial charge < -0.3 is 4.42 Å². The molecule has 2 aromatic rings. The van der Waals surface area contributed by atoms with Crippen LogP contribution in [-0.4, -0.2) is 9.91 Å². The van der Waals surface area contributed by atoms with Gasteiger partial charge in [0.1, 0.15) is 10.9 Å². The van der Waals surface area contributed by atoms with E-state index >= 15 is 0 Å². The van der Waals surface area contributed by atoms with Crippen LogP contribution in [0.25, 0.3) is 11.1 Å². The van der Waals surface area contributed by atoms with Gasteiger partial charge >= 0.3 is 0 Å². The first-order valence-corrected chi connectivity index (χ1v) is 4.63. The van der Waals surface area contributed by atoms with E-state index in [1.54, 1.807) is 0 Å². The van der Waals surface area contributed by atoms with E-state index in [2.05, 4.69) is 4.98 Å². The summed E-state index contributed by atoms with van der Waals surface area (Å²) in [7, 11) is 0. The second-order valence-electron chi connectivity index (χ2n) is 2.58. The first-order chi connectivity index (χ1) is 7.20. The molecule has 1 heterocycles. The van der Waals surface area contributed by atoms with Crippen molar-refractivity contribution in [2.24, 2.45) is 0 Å². The number of fused-ring (bicyclic) bond motifs is 1. The third kappa shape index (κ3) is 1.75. The Morgan fingerprint density at radius 2 is 2.40 bits per heavy atom. The second kappa shape index (κ2) is 3.59. The molecule has 0 aliphatic carbocycles. The van der Waals surface area contributed by atoms with Gasteiger partial charge in [0.2, 0.25) is 0 Å². The van der Waals surface area contributed by atoms with Gasteiger partial charge in [0.25, 0.3) is 10.9 Å². The smallest absolute Gasteiger partial charge is 0.273 e. The lowest BCUT2D eigenvalue weighted by Gasteiger charge is -1.88. The van der Waals surface area contributed by atoms with E-state index in [1.807, 2.05) is 5.40 Å². The largest absolute Gasteiger partial charge is 0.430 e. The monoisotopic (exact) mass is 221 g/mol. The first-order valence-electron chi connectivity index (χ1n) is 3.81. The SMILES string of the molecule is N#CSc1nc2ccc([N+](=O)[O-])cc2o1. The van der Waals surface area contributed by atoms with Crippen LogP contribution in [-0.2, 0) is 0 Å². The number of thiocyanates is 1. The Kier molecular flexibility index (Phi) is 2.27. The second-order valence-corrected chi connectivity index (χ2v) is 3.32. The van der Waals surface area contributed by atoms with Crippen LogP contribution in [0.15, 0.2) is 27.8 Å². The topological polar surface area (TPSA) is 93.0 Å². The third-order valence-corrected chi connectivity index (χ3v) is 2.14. The number of nitriles is 1. The predicted octanol–water partition coefficient (Wildman–Crippen LogP) is 2.31. The van der Waals surface area contributed by atoms with E-state index in [0.29, 0.717) is 11.1 Å². The Morgan fingerprint density at radius 1 is 1.60 bits per heavy atom. The average molecular weight is 221 g/mol. The highest BCUT2D eigenvalue weighted by molar-refractivity contribution is 8.03. The van der Waals surface area contributed by atoms with Crippen molar-refractivity contribution in [2.45, 2.75) is 5.22 Å². The molecule has 1 aromatic heterocycles. The quantitative estimate of drug-likeness (QED) is 0.334. The van der Waals surface area contributed by atoms with Crippen molar-refractivity contribution in [3.8, 4) is 5.40 Å². The van der Waals surface area contributed by atoms with Crippen LogP contribution in [0, 0.1) is 20.8 Å². The molecule has 6 nitrogen and oxygen atoms in total. The highest BCUT2D eigenvalue weighted by atomic mass is 32.2. The first kappa shape index (κ1) is 9.48. The number of nitro groups is 1. The average Bonchev–Trinajstić information content (AvgIpc) is 2.59. The summed E-state index contributed by atoms with van der Waals surface area (Å²) in [6.45, 7) is 0. The Balaban J connectivity index is 2.53. The minimum Gasteiger partial charge on any atom is -0.430 e. The van der Waals surface area contributed by atoms with Crippen LogP contribution in [0.5, 0.6) is 0 Å². The molecule has 0 radical (unpaired) electrons. The molecule has 0 aliphatic heterocycles. The number of non-ortho nitro benzene ring substituents is 1. The van der Waals surface area contributed by atoms with Crippen LogP contribution in [0.4, 0.5) is 5.69 Å². The van der Waals surface area contributed by atoms with Crippen LogP contribution in [0.3, 0.4) is 0 Å². The lowest BCUT2D eigenvalue weighted by Crippen LogP contribution is -1.86. The van der Waals surface area contributed by atoms with Crippen molar-refractivity contribution in [2.75, 3.05) is 0 Å². The molecular weight excluding hydrogens is 218 g/mol. The molecule has 2 rings (SSSR count). The lowest BCUT2D eigenvalue weighted by molar-refractivity contribution is -0.384. The Morgan fingerprint density at radius 3 is 3.07 bits per heavy atom. The minimum atomic E-state index is -0.515. The lowest BCUT2D eigenvalue weighted by atomic mass is 10.3. The molecule has 7 heteroatoms. The van der Waals surface area contributed by atoms with Crippen LogP contribution >= 0.6 is 11.8 Å². The van der Waals surface area contributed by atoms with Gasteiger partial charge in [-0.15, -0.1) is 0 Å². The van der Waals surface area contributed by atoms with Crippen molar-refractivity contribution in [3.63, 3.8) is 0 Å². The molecule has 0 amide bonds. The van der Waals surface area contributed by atoms with Crippen molar-refractivity contribution >= 4 is 28.5 Å². The highest BCUT2D eigenvalue weighted by Gasteiger charge is 2.11. The number of hydrogen-bond donors (Lipinski definition) is 0. The molecule has 0 spiro atoms. The summed E-state index contributed by atoms with van der Waals surface area (Å²) in [5.74, 6) is 0. The maximum Gasteiger partial charge on any atom is 0.273 e. The zero-order valence-corrected chi connectivity index (χ0v) is 8.02. The Hall–Kier alpha value is -2.07. The number of benzene rings is 1. The number of oxazole rings is 1. The summed E-state index contributed by atoms with van der Waals surface area (Å²) >= 11 is 0.773. The number of nitrogens with zero attached hydrogens (tertiary/aromatic N) is 3. The summed E-state index contributed by atoms with van der Waals surface area (Å²) in [5, 5.41) is 20.9. The summed E-state index contributed by atoms with van der Waals surface area (Å²) < 4.78 is 5.12. The Labute approximate surface area is 87.7 Å². The van der Waals surface area contributed by atoms with Gasteiger partial charge in [-0.1, -0.05) is 0 Å². The van der Waals surface area contributed by atoms with E-state index in [4.69, 9.17) is 9.68 Å². The normalized spacial score (nSPS) is 10.1. The summed E-state index contributed by atoms with van der Waals surface area (Å²) in [5.41, 5.74) is 0.743. The molecule has 0 N–H and O–H groups in total. The van der Waals surface area contributed by atoms with E-state index in [0.717, 1.165) is 11.8 Å². The molecule has 0 fully saturated rings. The molecule has 0 aliphatic rings. The van der Waals surface area contributed by atoms with Gasteiger partial charge in [0, 0.05) is 6.07 Å². The number of hydrogen-bond acceptors (Lipinski definition) is 6. The molecule has 0 saturated heterocycles. The Bertz CT molecular complexity index is 572. The molecule has 0 saturated carbocycles. The number of aromatic nitrogens is 1. The fourth-order valence-corrected chi connectivity index (χ4v) is 1.44. The fourth-order valence-electron chi connectivity index (χ4n) is 1.09. The van der Waals surface area contributed by atoms with Gasteiger partial charge in [0.15, 0.2) is 5.58 Å². The van der Waals surface area contributed by atoms with E-state index in [1.165, 1.54) is 18.2 Å². The fraction of sp³-hybridized carbons (Fsp3) is 0. The van der Waals surface area contributed by atoms with Crippen molar-refractivity contribution < 1.29 is 9.34 Å². The molecule has 0 bridgehead atoms. The predicted molar refractivity (Wildman–Crippen MR) is 52.1 cm³/mol. The van der Waals surface area contributed by atoms with Gasteiger partial charge in [0.05, 0.1) is 22.8 Å². The maximum absolute atomic E-state index is 10.5. The van der Waals surface area contributed by atoms with Gasteiger partial charge in [-0.2, -0.15) is 5.26 Å². The van der Waals surface area contributed by atoms with E-state index in [9.17, 15) is 10.1 Å². The van der Waals surface area contributed by atoms with Gasteiger partial charge in [-0.3, -0.25) is 10.1 Å². The van der Waals surface area contributed by atoms with Crippen LogP contribution in [0.2, 0.25) is 0 Å². The van der Waals surface area contributed by atoms with Crippen LogP contribution < -0.4 is 0 Å². The molecule has 15 heavy (non-hydrogen) atoms.